The van der Waals surface area contributed by atoms with Gasteiger partial charge in [0.15, 0.2) is 0 Å². The summed E-state index contributed by atoms with van der Waals surface area (Å²) in [5.41, 5.74) is 7.72. The molecule has 2 rings (SSSR count). The van der Waals surface area contributed by atoms with Crippen molar-refractivity contribution in [2.24, 2.45) is 5.73 Å². The first kappa shape index (κ1) is 17.0. The zero-order valence-corrected chi connectivity index (χ0v) is 13.7. The number of ether oxygens (including phenoxy) is 1. The van der Waals surface area contributed by atoms with E-state index in [9.17, 15) is 4.79 Å². The largest absolute Gasteiger partial charge is 0.480 e. The molecule has 0 bridgehead atoms. The molecule has 0 spiro atoms. The Morgan fingerprint density at radius 3 is 2.30 bits per heavy atom. The van der Waals surface area contributed by atoms with E-state index in [2.05, 4.69) is 20.8 Å². The molecule has 4 heteroatoms. The van der Waals surface area contributed by atoms with E-state index >= 15 is 0 Å². The molecule has 0 aliphatic rings. The highest BCUT2D eigenvalue weighted by Gasteiger charge is 2.16. The van der Waals surface area contributed by atoms with Crippen molar-refractivity contribution >= 4 is 5.97 Å². The van der Waals surface area contributed by atoms with Gasteiger partial charge in [-0.15, -0.1) is 0 Å². The van der Waals surface area contributed by atoms with Crippen LogP contribution in [0, 0.1) is 0 Å². The number of aliphatic carboxylic acids is 1. The van der Waals surface area contributed by atoms with E-state index in [1.807, 2.05) is 48.5 Å². The van der Waals surface area contributed by atoms with E-state index in [1.54, 1.807) is 0 Å². The lowest BCUT2D eigenvalue weighted by molar-refractivity contribution is -0.138. The van der Waals surface area contributed by atoms with Crippen LogP contribution < -0.4 is 10.5 Å². The van der Waals surface area contributed by atoms with Crippen LogP contribution in [0.3, 0.4) is 0 Å². The second-order valence-electron chi connectivity index (χ2n) is 6.63. The highest BCUT2D eigenvalue weighted by Crippen LogP contribution is 2.29. The van der Waals surface area contributed by atoms with Crippen LogP contribution >= 0.6 is 0 Å². The first-order valence-corrected chi connectivity index (χ1v) is 7.62. The molecular formula is C19H23NO3. The SMILES string of the molecule is CC(C)(C)c1ccc(Oc2ccccc2CC(N)C(=O)O)cc1. The fraction of sp³-hybridized carbons (Fsp3) is 0.316. The Bertz CT molecular complexity index is 672. The Balaban J connectivity index is 2.18. The lowest BCUT2D eigenvalue weighted by Gasteiger charge is -2.19. The second kappa shape index (κ2) is 6.84. The Morgan fingerprint density at radius 2 is 1.74 bits per heavy atom. The van der Waals surface area contributed by atoms with Crippen LogP contribution in [0.5, 0.6) is 11.5 Å². The number of hydrogen-bond donors (Lipinski definition) is 2. The van der Waals surface area contributed by atoms with Gasteiger partial charge in [-0.2, -0.15) is 0 Å². The van der Waals surface area contributed by atoms with E-state index in [1.165, 1.54) is 5.56 Å². The number of rotatable bonds is 5. The van der Waals surface area contributed by atoms with Gasteiger partial charge >= 0.3 is 5.97 Å². The number of carboxylic acid groups (broad SMARTS) is 1. The van der Waals surface area contributed by atoms with Gasteiger partial charge in [-0.05, 0) is 34.7 Å². The average molecular weight is 313 g/mol. The molecular weight excluding hydrogens is 290 g/mol. The zero-order valence-electron chi connectivity index (χ0n) is 13.7. The summed E-state index contributed by atoms with van der Waals surface area (Å²) in [6.45, 7) is 6.47. The minimum Gasteiger partial charge on any atom is -0.480 e. The summed E-state index contributed by atoms with van der Waals surface area (Å²) >= 11 is 0. The summed E-state index contributed by atoms with van der Waals surface area (Å²) in [6.07, 6.45) is 0.228. The minimum absolute atomic E-state index is 0.0880. The molecule has 122 valence electrons. The molecule has 4 nitrogen and oxygen atoms in total. The molecule has 0 aromatic heterocycles. The van der Waals surface area contributed by atoms with Gasteiger partial charge in [0.2, 0.25) is 0 Å². The Morgan fingerprint density at radius 1 is 1.13 bits per heavy atom. The summed E-state index contributed by atoms with van der Waals surface area (Å²) in [5, 5.41) is 8.96. The number of carbonyl (C=O) groups is 1. The van der Waals surface area contributed by atoms with Gasteiger partial charge in [0.1, 0.15) is 17.5 Å². The number of benzene rings is 2. The number of nitrogens with two attached hydrogens (primary N) is 1. The number of hydrogen-bond acceptors (Lipinski definition) is 3. The smallest absolute Gasteiger partial charge is 0.320 e. The quantitative estimate of drug-likeness (QED) is 0.882. The molecule has 0 saturated carbocycles. The maximum atomic E-state index is 10.9. The molecule has 0 heterocycles. The van der Waals surface area contributed by atoms with Gasteiger partial charge in [-0.1, -0.05) is 51.1 Å². The van der Waals surface area contributed by atoms with Gasteiger partial charge in [0.05, 0.1) is 0 Å². The van der Waals surface area contributed by atoms with Crippen LogP contribution in [0.4, 0.5) is 0 Å². The summed E-state index contributed by atoms with van der Waals surface area (Å²) in [5.74, 6) is 0.330. The topological polar surface area (TPSA) is 72.5 Å². The second-order valence-corrected chi connectivity index (χ2v) is 6.63. The normalized spacial score (nSPS) is 12.7. The van der Waals surface area contributed by atoms with Crippen LogP contribution in [0.2, 0.25) is 0 Å². The van der Waals surface area contributed by atoms with Gasteiger partial charge < -0.3 is 15.6 Å². The highest BCUT2D eigenvalue weighted by molar-refractivity contribution is 5.73. The van der Waals surface area contributed by atoms with Gasteiger partial charge in [-0.25, -0.2) is 0 Å². The predicted octanol–water partition coefficient (Wildman–Crippen LogP) is 3.73. The summed E-state index contributed by atoms with van der Waals surface area (Å²) in [6, 6.07) is 14.4. The molecule has 2 aromatic carbocycles. The molecule has 1 atom stereocenters. The maximum absolute atomic E-state index is 10.9. The van der Waals surface area contributed by atoms with E-state index in [4.69, 9.17) is 15.6 Å². The van der Waals surface area contributed by atoms with Crippen LogP contribution in [0.1, 0.15) is 31.9 Å². The van der Waals surface area contributed by atoms with E-state index in [0.29, 0.717) is 11.5 Å². The van der Waals surface area contributed by atoms with Gasteiger partial charge in [0, 0.05) is 6.42 Å². The van der Waals surface area contributed by atoms with Crippen molar-refractivity contribution in [3.63, 3.8) is 0 Å². The predicted molar refractivity (Wildman–Crippen MR) is 91.0 cm³/mol. The molecule has 0 aliphatic carbocycles. The van der Waals surface area contributed by atoms with Crippen molar-refractivity contribution in [2.45, 2.75) is 38.6 Å². The van der Waals surface area contributed by atoms with E-state index < -0.39 is 12.0 Å². The fourth-order valence-electron chi connectivity index (χ4n) is 2.25. The number of para-hydroxylation sites is 1. The third-order valence-electron chi connectivity index (χ3n) is 3.68. The molecule has 0 saturated heterocycles. The molecule has 0 radical (unpaired) electrons. The van der Waals surface area contributed by atoms with Crippen molar-refractivity contribution in [1.29, 1.82) is 0 Å². The van der Waals surface area contributed by atoms with Gasteiger partial charge in [-0.3, -0.25) is 4.79 Å². The molecule has 0 aliphatic heterocycles. The highest BCUT2D eigenvalue weighted by atomic mass is 16.5. The lowest BCUT2D eigenvalue weighted by Crippen LogP contribution is -2.32. The zero-order chi connectivity index (χ0) is 17.0. The van der Waals surface area contributed by atoms with Crippen molar-refractivity contribution in [1.82, 2.24) is 0 Å². The third-order valence-corrected chi connectivity index (χ3v) is 3.68. The third kappa shape index (κ3) is 4.57. The van der Waals surface area contributed by atoms with Crippen LogP contribution in [0.25, 0.3) is 0 Å². The standard InChI is InChI=1S/C19H23NO3/c1-19(2,3)14-8-10-15(11-9-14)23-17-7-5-4-6-13(17)12-16(20)18(21)22/h4-11,16H,12,20H2,1-3H3,(H,21,22). The summed E-state index contributed by atoms with van der Waals surface area (Å²) in [4.78, 5) is 10.9. The van der Waals surface area contributed by atoms with Crippen molar-refractivity contribution in [2.75, 3.05) is 0 Å². The molecule has 0 fully saturated rings. The molecule has 1 unspecified atom stereocenters. The molecule has 0 amide bonds. The Hall–Kier alpha value is -2.33. The monoisotopic (exact) mass is 313 g/mol. The Kier molecular flexibility index (Phi) is 5.06. The number of carboxylic acids is 1. The summed E-state index contributed by atoms with van der Waals surface area (Å²) < 4.78 is 5.91. The molecule has 23 heavy (non-hydrogen) atoms. The van der Waals surface area contributed by atoms with Crippen LogP contribution in [-0.4, -0.2) is 17.1 Å². The fourth-order valence-corrected chi connectivity index (χ4v) is 2.25. The minimum atomic E-state index is -1.02. The van der Waals surface area contributed by atoms with Gasteiger partial charge in [0.25, 0.3) is 0 Å². The van der Waals surface area contributed by atoms with E-state index in [0.717, 1.165) is 5.56 Å². The molecule has 3 N–H and O–H groups in total. The average Bonchev–Trinajstić information content (AvgIpc) is 2.48. The lowest BCUT2D eigenvalue weighted by atomic mass is 9.87. The first-order valence-electron chi connectivity index (χ1n) is 7.62. The summed E-state index contributed by atoms with van der Waals surface area (Å²) in [7, 11) is 0. The van der Waals surface area contributed by atoms with Crippen molar-refractivity contribution < 1.29 is 14.6 Å². The van der Waals surface area contributed by atoms with E-state index in [-0.39, 0.29) is 11.8 Å². The first-order chi connectivity index (χ1) is 10.8. The van der Waals surface area contributed by atoms with Crippen molar-refractivity contribution in [3.8, 4) is 11.5 Å². The van der Waals surface area contributed by atoms with Crippen molar-refractivity contribution in [3.05, 3.63) is 59.7 Å². The van der Waals surface area contributed by atoms with Crippen LogP contribution in [0.15, 0.2) is 48.5 Å². The van der Waals surface area contributed by atoms with Crippen LogP contribution in [-0.2, 0) is 16.6 Å². The maximum Gasteiger partial charge on any atom is 0.320 e. The Labute approximate surface area is 136 Å². The molecule has 2 aromatic rings.